The number of hydrogen-bond acceptors (Lipinski definition) is 2. The molecule has 19 heavy (non-hydrogen) atoms. The van der Waals surface area contributed by atoms with Gasteiger partial charge in [-0.1, -0.05) is 52.5 Å². The Morgan fingerprint density at radius 2 is 2.05 bits per heavy atom. The maximum atomic E-state index is 4.46. The average molecular weight is 262 g/mol. The third-order valence-corrected chi connectivity index (χ3v) is 3.84. The second kappa shape index (κ2) is 9.96. The highest BCUT2D eigenvalue weighted by Gasteiger charge is 2.15. The molecular formula is C17H30N2. The van der Waals surface area contributed by atoms with Crippen molar-refractivity contribution in [2.75, 3.05) is 6.54 Å². The molecule has 2 nitrogen and oxygen atoms in total. The Bertz CT molecular complexity index is 310. The van der Waals surface area contributed by atoms with Crippen LogP contribution in [0.1, 0.15) is 58.6 Å². The van der Waals surface area contributed by atoms with E-state index in [4.69, 9.17) is 0 Å². The van der Waals surface area contributed by atoms with Crippen molar-refractivity contribution in [3.63, 3.8) is 0 Å². The topological polar surface area (TPSA) is 24.9 Å². The molecule has 108 valence electrons. The van der Waals surface area contributed by atoms with E-state index >= 15 is 0 Å². The quantitative estimate of drug-likeness (QED) is 0.683. The first-order valence-corrected chi connectivity index (χ1v) is 7.93. The highest BCUT2D eigenvalue weighted by molar-refractivity contribution is 5.05. The number of rotatable bonds is 10. The van der Waals surface area contributed by atoms with Gasteiger partial charge >= 0.3 is 0 Å². The van der Waals surface area contributed by atoms with Gasteiger partial charge in [-0.2, -0.15) is 0 Å². The van der Waals surface area contributed by atoms with Gasteiger partial charge in [-0.3, -0.25) is 4.98 Å². The number of unbranched alkanes of at least 4 members (excludes halogenated alkanes) is 1. The second-order valence-electron chi connectivity index (χ2n) is 5.43. The molecule has 2 unspecified atom stereocenters. The molecule has 0 saturated heterocycles. The van der Waals surface area contributed by atoms with Crippen molar-refractivity contribution in [1.29, 1.82) is 0 Å². The Hall–Kier alpha value is -0.890. The van der Waals surface area contributed by atoms with Gasteiger partial charge in [0, 0.05) is 24.4 Å². The predicted octanol–water partition coefficient (Wildman–Crippen LogP) is 4.21. The zero-order valence-electron chi connectivity index (χ0n) is 12.9. The van der Waals surface area contributed by atoms with Gasteiger partial charge in [0.1, 0.15) is 0 Å². The van der Waals surface area contributed by atoms with Crippen molar-refractivity contribution in [3.8, 4) is 0 Å². The summed E-state index contributed by atoms with van der Waals surface area (Å²) >= 11 is 0. The maximum absolute atomic E-state index is 4.46. The fraction of sp³-hybridized carbons (Fsp3) is 0.706. The lowest BCUT2D eigenvalue weighted by atomic mass is 9.90. The summed E-state index contributed by atoms with van der Waals surface area (Å²) in [4.78, 5) is 4.46. The van der Waals surface area contributed by atoms with Crippen LogP contribution >= 0.6 is 0 Å². The third kappa shape index (κ3) is 6.72. The lowest BCUT2D eigenvalue weighted by molar-refractivity contribution is 0.349. The summed E-state index contributed by atoms with van der Waals surface area (Å²) in [7, 11) is 0. The van der Waals surface area contributed by atoms with Gasteiger partial charge < -0.3 is 5.32 Å². The molecule has 0 aliphatic heterocycles. The van der Waals surface area contributed by atoms with Crippen LogP contribution in [-0.4, -0.2) is 17.6 Å². The van der Waals surface area contributed by atoms with Gasteiger partial charge in [0.2, 0.25) is 0 Å². The molecule has 1 rings (SSSR count). The van der Waals surface area contributed by atoms with E-state index in [1.54, 1.807) is 0 Å². The minimum atomic E-state index is 0.571. The minimum Gasteiger partial charge on any atom is -0.314 e. The fourth-order valence-corrected chi connectivity index (χ4v) is 2.68. The normalized spacial score (nSPS) is 14.3. The predicted molar refractivity (Wildman–Crippen MR) is 83.3 cm³/mol. The molecule has 1 aromatic heterocycles. The Morgan fingerprint density at radius 3 is 2.63 bits per heavy atom. The summed E-state index contributed by atoms with van der Waals surface area (Å²) in [5.74, 6) is 0.854. The lowest BCUT2D eigenvalue weighted by Crippen LogP contribution is -2.33. The maximum Gasteiger partial charge on any atom is 0.0419 e. The number of pyridine rings is 1. The number of likely N-dealkylation sites (N-methyl/N-ethyl adjacent to an activating group) is 1. The van der Waals surface area contributed by atoms with Crippen molar-refractivity contribution < 1.29 is 0 Å². The molecule has 0 saturated carbocycles. The van der Waals surface area contributed by atoms with Crippen LogP contribution in [0.4, 0.5) is 0 Å². The van der Waals surface area contributed by atoms with E-state index in [1.165, 1.54) is 37.8 Å². The van der Waals surface area contributed by atoms with Crippen LogP contribution in [0.2, 0.25) is 0 Å². The first-order chi connectivity index (χ1) is 9.30. The Kier molecular flexibility index (Phi) is 8.48. The van der Waals surface area contributed by atoms with E-state index in [0.717, 1.165) is 18.9 Å². The standard InChI is InChI=1S/C17H30N2/c1-4-7-10-15(5-2)13-17(18-6-3)14-16-11-8-9-12-19-16/h8-9,11-12,15,17-18H,4-7,10,13-14H2,1-3H3. The van der Waals surface area contributed by atoms with Gasteiger partial charge in [-0.05, 0) is 31.0 Å². The number of nitrogens with zero attached hydrogens (tertiary/aromatic N) is 1. The van der Waals surface area contributed by atoms with E-state index in [-0.39, 0.29) is 0 Å². The molecule has 0 fully saturated rings. The van der Waals surface area contributed by atoms with Crippen LogP contribution in [-0.2, 0) is 6.42 Å². The van der Waals surface area contributed by atoms with Crippen LogP contribution in [0.3, 0.4) is 0 Å². The zero-order valence-corrected chi connectivity index (χ0v) is 12.9. The monoisotopic (exact) mass is 262 g/mol. The first kappa shape index (κ1) is 16.2. The lowest BCUT2D eigenvalue weighted by Gasteiger charge is -2.23. The van der Waals surface area contributed by atoms with Crippen molar-refractivity contribution >= 4 is 0 Å². The Labute approximate surface area is 119 Å². The molecule has 2 heteroatoms. The van der Waals surface area contributed by atoms with Crippen molar-refractivity contribution in [2.24, 2.45) is 5.92 Å². The number of aromatic nitrogens is 1. The minimum absolute atomic E-state index is 0.571. The highest BCUT2D eigenvalue weighted by atomic mass is 14.9. The van der Waals surface area contributed by atoms with Crippen LogP contribution < -0.4 is 5.32 Å². The van der Waals surface area contributed by atoms with Crippen LogP contribution in [0, 0.1) is 5.92 Å². The van der Waals surface area contributed by atoms with Crippen molar-refractivity contribution in [3.05, 3.63) is 30.1 Å². The summed E-state index contributed by atoms with van der Waals surface area (Å²) in [5.41, 5.74) is 1.21. The zero-order chi connectivity index (χ0) is 13.9. The number of nitrogens with one attached hydrogen (secondary N) is 1. The van der Waals surface area contributed by atoms with Crippen LogP contribution in [0.25, 0.3) is 0 Å². The Balaban J connectivity index is 2.51. The van der Waals surface area contributed by atoms with Crippen LogP contribution in [0.5, 0.6) is 0 Å². The molecule has 0 aliphatic carbocycles. The molecule has 0 bridgehead atoms. The summed E-state index contributed by atoms with van der Waals surface area (Å²) in [6, 6.07) is 6.78. The average Bonchev–Trinajstić information content (AvgIpc) is 2.44. The fourth-order valence-electron chi connectivity index (χ4n) is 2.68. The first-order valence-electron chi connectivity index (χ1n) is 7.93. The molecule has 1 N–H and O–H groups in total. The van der Waals surface area contributed by atoms with Crippen molar-refractivity contribution in [2.45, 2.75) is 65.3 Å². The SMILES string of the molecule is CCCCC(CC)CC(Cc1ccccn1)NCC. The molecule has 0 amide bonds. The van der Waals surface area contributed by atoms with Gasteiger partial charge in [0.25, 0.3) is 0 Å². The van der Waals surface area contributed by atoms with Crippen LogP contribution in [0.15, 0.2) is 24.4 Å². The molecule has 1 heterocycles. The van der Waals surface area contributed by atoms with E-state index in [9.17, 15) is 0 Å². The van der Waals surface area contributed by atoms with E-state index in [1.807, 2.05) is 12.3 Å². The molecule has 1 aromatic rings. The van der Waals surface area contributed by atoms with E-state index in [0.29, 0.717) is 6.04 Å². The van der Waals surface area contributed by atoms with Gasteiger partial charge in [0.05, 0.1) is 0 Å². The summed E-state index contributed by atoms with van der Waals surface area (Å²) in [6.45, 7) is 7.84. The van der Waals surface area contributed by atoms with E-state index in [2.05, 4.69) is 43.2 Å². The molecule has 0 radical (unpaired) electrons. The summed E-state index contributed by atoms with van der Waals surface area (Å²) in [6.07, 6.45) is 9.57. The van der Waals surface area contributed by atoms with Crippen molar-refractivity contribution in [1.82, 2.24) is 10.3 Å². The van der Waals surface area contributed by atoms with Gasteiger partial charge in [-0.15, -0.1) is 0 Å². The van der Waals surface area contributed by atoms with E-state index < -0.39 is 0 Å². The molecular weight excluding hydrogens is 232 g/mol. The summed E-state index contributed by atoms with van der Waals surface area (Å²) < 4.78 is 0. The number of hydrogen-bond donors (Lipinski definition) is 1. The third-order valence-electron chi connectivity index (χ3n) is 3.84. The second-order valence-corrected chi connectivity index (χ2v) is 5.43. The smallest absolute Gasteiger partial charge is 0.0419 e. The highest BCUT2D eigenvalue weighted by Crippen LogP contribution is 2.20. The molecule has 0 spiro atoms. The molecule has 0 aromatic carbocycles. The molecule has 2 atom stereocenters. The molecule has 0 aliphatic rings. The van der Waals surface area contributed by atoms with Gasteiger partial charge in [-0.25, -0.2) is 0 Å². The summed E-state index contributed by atoms with van der Waals surface area (Å²) in [5, 5.41) is 3.63. The largest absolute Gasteiger partial charge is 0.314 e. The Morgan fingerprint density at radius 1 is 1.21 bits per heavy atom. The van der Waals surface area contributed by atoms with Gasteiger partial charge in [0.15, 0.2) is 0 Å².